The molecule has 0 saturated carbocycles. The van der Waals surface area contributed by atoms with Crippen LogP contribution < -0.4 is 0 Å². The van der Waals surface area contributed by atoms with Crippen LogP contribution in [-0.2, 0) is 30.3 Å². The Balaban J connectivity index is 2.04. The Labute approximate surface area is 170 Å². The van der Waals surface area contributed by atoms with Crippen molar-refractivity contribution in [2.75, 3.05) is 13.2 Å². The van der Waals surface area contributed by atoms with Crippen LogP contribution in [-0.4, -0.2) is 32.7 Å². The number of carbonyl (C=O) groups excluding carboxylic acids is 1. The lowest BCUT2D eigenvalue weighted by atomic mass is 10.0. The van der Waals surface area contributed by atoms with Gasteiger partial charge in [0, 0.05) is 17.0 Å². The largest absolute Gasteiger partial charge is 0.466 e. The monoisotopic (exact) mass is 426 g/mol. The molecule has 28 heavy (non-hydrogen) atoms. The fraction of sp³-hybridized carbons (Fsp3) is 0.350. The van der Waals surface area contributed by atoms with Crippen LogP contribution in [0.1, 0.15) is 36.1 Å². The number of esters is 1. The van der Waals surface area contributed by atoms with E-state index in [9.17, 15) is 18.3 Å². The van der Waals surface area contributed by atoms with Crippen LogP contribution in [0.2, 0.25) is 5.02 Å². The topological polar surface area (TPSA) is 89.9 Å². The molecule has 152 valence electrons. The molecule has 6 nitrogen and oxygen atoms in total. The molecular formula is C20H23ClO6S. The Hall–Kier alpha value is -1.93. The van der Waals surface area contributed by atoms with E-state index in [1.165, 1.54) is 12.1 Å². The molecule has 0 aromatic heterocycles. The van der Waals surface area contributed by atoms with E-state index in [0.29, 0.717) is 18.6 Å². The Morgan fingerprint density at radius 3 is 2.50 bits per heavy atom. The first kappa shape index (κ1) is 22.4. The predicted molar refractivity (Wildman–Crippen MR) is 106 cm³/mol. The zero-order chi connectivity index (χ0) is 20.7. The molecule has 8 heteroatoms. The van der Waals surface area contributed by atoms with Crippen molar-refractivity contribution < 1.29 is 27.2 Å². The average molecular weight is 427 g/mol. The smallest absolute Gasteiger partial charge is 0.306 e. The molecule has 0 bridgehead atoms. The Morgan fingerprint density at radius 2 is 1.86 bits per heavy atom. The standard InChI is InChI=1S/C20H23ClO6S/c1-3-26-20(23)11-7-15-6-10-18(21)17(12-15)19(22)13-27-28(24,25)16-8-4-14(2)5-9-16/h4-6,8-10,12,19,22H,3,7,11,13H2,1-2H3/t19-/m1/s1. The van der Waals surface area contributed by atoms with Crippen molar-refractivity contribution in [2.45, 2.75) is 37.7 Å². The van der Waals surface area contributed by atoms with E-state index >= 15 is 0 Å². The number of carbonyl (C=O) groups is 1. The third-order valence-electron chi connectivity index (χ3n) is 4.03. The Morgan fingerprint density at radius 1 is 1.18 bits per heavy atom. The molecule has 2 aromatic carbocycles. The van der Waals surface area contributed by atoms with Gasteiger partial charge in [0.25, 0.3) is 10.1 Å². The summed E-state index contributed by atoms with van der Waals surface area (Å²) < 4.78 is 34.4. The van der Waals surface area contributed by atoms with Crippen LogP contribution in [0, 0.1) is 6.92 Å². The van der Waals surface area contributed by atoms with Gasteiger partial charge in [0.1, 0.15) is 6.10 Å². The Bertz CT molecular complexity index is 909. The summed E-state index contributed by atoms with van der Waals surface area (Å²) >= 11 is 6.13. The summed E-state index contributed by atoms with van der Waals surface area (Å²) in [5.41, 5.74) is 2.03. The lowest BCUT2D eigenvalue weighted by molar-refractivity contribution is -0.143. The molecule has 0 radical (unpaired) electrons. The van der Waals surface area contributed by atoms with Gasteiger partial charge in [-0.3, -0.25) is 8.98 Å². The van der Waals surface area contributed by atoms with E-state index in [1.54, 1.807) is 37.3 Å². The minimum Gasteiger partial charge on any atom is -0.466 e. The number of aliphatic hydroxyl groups is 1. The molecule has 0 spiro atoms. The van der Waals surface area contributed by atoms with Crippen LogP contribution >= 0.6 is 11.6 Å². The molecular weight excluding hydrogens is 404 g/mol. The molecule has 0 fully saturated rings. The summed E-state index contributed by atoms with van der Waals surface area (Å²) in [5, 5.41) is 10.7. The summed E-state index contributed by atoms with van der Waals surface area (Å²) in [6.45, 7) is 3.42. The van der Waals surface area contributed by atoms with Gasteiger partial charge in [-0.2, -0.15) is 8.42 Å². The summed E-state index contributed by atoms with van der Waals surface area (Å²) in [4.78, 5) is 11.5. The van der Waals surface area contributed by atoms with E-state index in [1.807, 2.05) is 6.92 Å². The number of ether oxygens (including phenoxy) is 1. The number of hydrogen-bond acceptors (Lipinski definition) is 6. The van der Waals surface area contributed by atoms with Crippen LogP contribution in [0.5, 0.6) is 0 Å². The second-order valence-corrected chi connectivity index (χ2v) is 8.25. The first-order chi connectivity index (χ1) is 13.2. The minimum absolute atomic E-state index is 0.0135. The van der Waals surface area contributed by atoms with Gasteiger partial charge >= 0.3 is 5.97 Å². The SMILES string of the molecule is CCOC(=O)CCc1ccc(Cl)c([C@H](O)COS(=O)(=O)c2ccc(C)cc2)c1. The number of benzene rings is 2. The van der Waals surface area contributed by atoms with Gasteiger partial charge in [0.05, 0.1) is 18.1 Å². The highest BCUT2D eigenvalue weighted by molar-refractivity contribution is 7.86. The van der Waals surface area contributed by atoms with E-state index in [2.05, 4.69) is 0 Å². The maximum absolute atomic E-state index is 12.3. The van der Waals surface area contributed by atoms with Gasteiger partial charge in [0.2, 0.25) is 0 Å². The molecule has 0 saturated heterocycles. The lowest BCUT2D eigenvalue weighted by Crippen LogP contribution is -2.14. The summed E-state index contributed by atoms with van der Waals surface area (Å²) in [6, 6.07) is 11.2. The van der Waals surface area contributed by atoms with Crippen molar-refractivity contribution in [3.8, 4) is 0 Å². The highest BCUT2D eigenvalue weighted by atomic mass is 35.5. The lowest BCUT2D eigenvalue weighted by Gasteiger charge is -2.15. The van der Waals surface area contributed by atoms with Crippen molar-refractivity contribution in [3.63, 3.8) is 0 Å². The zero-order valence-corrected chi connectivity index (χ0v) is 17.3. The summed E-state index contributed by atoms with van der Waals surface area (Å²) in [6.07, 6.45) is -0.628. The molecule has 2 aromatic rings. The van der Waals surface area contributed by atoms with Crippen molar-refractivity contribution in [1.82, 2.24) is 0 Å². The van der Waals surface area contributed by atoms with Crippen molar-refractivity contribution in [1.29, 1.82) is 0 Å². The third-order valence-corrected chi connectivity index (χ3v) is 5.67. The van der Waals surface area contributed by atoms with Crippen LogP contribution in [0.25, 0.3) is 0 Å². The van der Waals surface area contributed by atoms with Gasteiger partial charge in [-0.15, -0.1) is 0 Å². The van der Waals surface area contributed by atoms with Gasteiger partial charge in [-0.25, -0.2) is 0 Å². The second-order valence-electron chi connectivity index (χ2n) is 6.23. The second kappa shape index (κ2) is 10.0. The summed E-state index contributed by atoms with van der Waals surface area (Å²) in [5.74, 6) is -0.313. The molecule has 1 N–H and O–H groups in total. The number of halogens is 1. The van der Waals surface area contributed by atoms with Gasteiger partial charge < -0.3 is 9.84 Å². The first-order valence-electron chi connectivity index (χ1n) is 8.81. The first-order valence-corrected chi connectivity index (χ1v) is 10.6. The fourth-order valence-corrected chi connectivity index (χ4v) is 3.66. The molecule has 0 unspecified atom stereocenters. The van der Waals surface area contributed by atoms with Crippen molar-refractivity contribution in [2.24, 2.45) is 0 Å². The van der Waals surface area contributed by atoms with Crippen molar-refractivity contribution >= 4 is 27.7 Å². The predicted octanol–water partition coefficient (Wildman–Crippen LogP) is 3.58. The van der Waals surface area contributed by atoms with E-state index in [0.717, 1.165) is 11.1 Å². The number of hydrogen-bond donors (Lipinski definition) is 1. The quantitative estimate of drug-likeness (QED) is 0.487. The molecule has 0 amide bonds. The van der Waals surface area contributed by atoms with Crippen LogP contribution in [0.3, 0.4) is 0 Å². The number of aliphatic hydroxyl groups excluding tert-OH is 1. The molecule has 0 aliphatic carbocycles. The van der Waals surface area contributed by atoms with Crippen molar-refractivity contribution in [3.05, 3.63) is 64.2 Å². The van der Waals surface area contributed by atoms with E-state index in [-0.39, 0.29) is 22.3 Å². The van der Waals surface area contributed by atoms with Gasteiger partial charge in [0.15, 0.2) is 0 Å². The molecule has 2 rings (SSSR count). The average Bonchev–Trinajstić information content (AvgIpc) is 2.66. The fourth-order valence-electron chi connectivity index (χ4n) is 2.50. The Kier molecular flexibility index (Phi) is 8.00. The zero-order valence-electron chi connectivity index (χ0n) is 15.7. The van der Waals surface area contributed by atoms with E-state index in [4.69, 9.17) is 20.5 Å². The maximum Gasteiger partial charge on any atom is 0.306 e. The van der Waals surface area contributed by atoms with Gasteiger partial charge in [-0.1, -0.05) is 41.4 Å². The van der Waals surface area contributed by atoms with E-state index < -0.39 is 22.8 Å². The van der Waals surface area contributed by atoms with Crippen LogP contribution in [0.4, 0.5) is 0 Å². The molecule has 0 aliphatic rings. The third kappa shape index (κ3) is 6.31. The minimum atomic E-state index is -4.00. The highest BCUT2D eigenvalue weighted by Crippen LogP contribution is 2.26. The number of rotatable bonds is 9. The molecule has 0 aliphatic heterocycles. The molecule has 0 heterocycles. The maximum atomic E-state index is 12.3. The molecule has 1 atom stereocenters. The van der Waals surface area contributed by atoms with Gasteiger partial charge in [-0.05, 0) is 44.0 Å². The summed E-state index contributed by atoms with van der Waals surface area (Å²) in [7, 11) is -4.00. The highest BCUT2D eigenvalue weighted by Gasteiger charge is 2.20. The number of aryl methyl sites for hydroxylation is 2. The normalized spacial score (nSPS) is 12.6. The van der Waals surface area contributed by atoms with Crippen LogP contribution in [0.15, 0.2) is 47.4 Å².